The maximum atomic E-state index is 11.5. The number of hydrogen-bond donors (Lipinski definition) is 0. The lowest BCUT2D eigenvalue weighted by Gasteiger charge is -2.07. The second-order valence-corrected chi connectivity index (χ2v) is 4.12. The van der Waals surface area contributed by atoms with Gasteiger partial charge in [-0.1, -0.05) is 0 Å². The first kappa shape index (κ1) is 12.3. The molecule has 0 radical (unpaired) electrons. The second-order valence-electron chi connectivity index (χ2n) is 4.12. The molecule has 1 aromatic rings. The molecule has 6 heteroatoms. The highest BCUT2D eigenvalue weighted by molar-refractivity contribution is 5.84. The molecule has 1 aliphatic carbocycles. The van der Waals surface area contributed by atoms with Crippen LogP contribution in [0.5, 0.6) is 11.5 Å². The molecule has 0 aromatic heterocycles. The topological polar surface area (TPSA) is 78.7 Å². The molecule has 0 amide bonds. The molecule has 18 heavy (non-hydrogen) atoms. The Morgan fingerprint density at radius 2 is 2.22 bits per heavy atom. The van der Waals surface area contributed by atoms with Gasteiger partial charge in [-0.15, -0.1) is 0 Å². The molecule has 1 aliphatic rings. The molecule has 0 N–H and O–H groups in total. The summed E-state index contributed by atoms with van der Waals surface area (Å²) < 4.78 is 10.2. The van der Waals surface area contributed by atoms with E-state index < -0.39 is 4.92 Å². The quantitative estimate of drug-likeness (QED) is 0.570. The van der Waals surface area contributed by atoms with E-state index in [9.17, 15) is 14.9 Å². The van der Waals surface area contributed by atoms with Crippen LogP contribution in [-0.2, 0) is 4.79 Å². The lowest BCUT2D eigenvalue weighted by atomic mass is 10.2. The number of carbonyl (C=O) groups is 1. The van der Waals surface area contributed by atoms with Crippen LogP contribution in [0.2, 0.25) is 0 Å². The standard InChI is InChI=1S/C12H13NO5/c1-17-9-4-5-10(13(15)16)12(6-9)18-7-11(14)8-2-3-8/h4-6,8H,2-3,7H2,1H3. The van der Waals surface area contributed by atoms with Crippen LogP contribution in [0.25, 0.3) is 0 Å². The van der Waals surface area contributed by atoms with Gasteiger partial charge in [-0.3, -0.25) is 14.9 Å². The van der Waals surface area contributed by atoms with Crippen molar-refractivity contribution in [3.63, 3.8) is 0 Å². The summed E-state index contributed by atoms with van der Waals surface area (Å²) in [7, 11) is 1.46. The molecule has 0 aliphatic heterocycles. The van der Waals surface area contributed by atoms with E-state index in [4.69, 9.17) is 9.47 Å². The summed E-state index contributed by atoms with van der Waals surface area (Å²) >= 11 is 0. The second kappa shape index (κ2) is 5.03. The number of hydrogen-bond acceptors (Lipinski definition) is 5. The third kappa shape index (κ3) is 2.77. The number of ether oxygens (including phenoxy) is 2. The summed E-state index contributed by atoms with van der Waals surface area (Å²) in [5.74, 6) is 0.588. The number of nitro groups is 1. The number of ketones is 1. The van der Waals surface area contributed by atoms with E-state index in [1.165, 1.54) is 25.3 Å². The zero-order valence-electron chi connectivity index (χ0n) is 9.92. The minimum Gasteiger partial charge on any atom is -0.497 e. The number of Topliss-reactive ketones (excluding diaryl/α,β-unsaturated/α-hetero) is 1. The molecule has 0 heterocycles. The van der Waals surface area contributed by atoms with Crippen LogP contribution >= 0.6 is 0 Å². The van der Waals surface area contributed by atoms with Crippen molar-refractivity contribution in [1.29, 1.82) is 0 Å². The average Bonchev–Trinajstić information content (AvgIpc) is 3.19. The summed E-state index contributed by atoms with van der Waals surface area (Å²) in [6.07, 6.45) is 1.78. The third-order valence-corrected chi connectivity index (χ3v) is 2.77. The van der Waals surface area contributed by atoms with Gasteiger partial charge in [-0.2, -0.15) is 0 Å². The number of nitro benzene ring substituents is 1. The van der Waals surface area contributed by atoms with Gasteiger partial charge < -0.3 is 9.47 Å². The van der Waals surface area contributed by atoms with Gasteiger partial charge in [0.2, 0.25) is 5.75 Å². The van der Waals surface area contributed by atoms with Gasteiger partial charge in [-0.05, 0) is 18.9 Å². The third-order valence-electron chi connectivity index (χ3n) is 2.77. The molecular formula is C12H13NO5. The molecule has 6 nitrogen and oxygen atoms in total. The Balaban J connectivity index is 2.12. The van der Waals surface area contributed by atoms with Crippen molar-refractivity contribution in [2.24, 2.45) is 5.92 Å². The summed E-state index contributed by atoms with van der Waals surface area (Å²) in [4.78, 5) is 21.8. The largest absolute Gasteiger partial charge is 0.497 e. The van der Waals surface area contributed by atoms with Crippen LogP contribution in [0.3, 0.4) is 0 Å². The number of methoxy groups -OCH3 is 1. The highest BCUT2D eigenvalue weighted by Gasteiger charge is 2.30. The van der Waals surface area contributed by atoms with Crippen LogP contribution in [0.4, 0.5) is 5.69 Å². The molecule has 0 unspecified atom stereocenters. The predicted molar refractivity (Wildman–Crippen MR) is 62.9 cm³/mol. The van der Waals surface area contributed by atoms with E-state index >= 15 is 0 Å². The minimum atomic E-state index is -0.545. The molecule has 0 atom stereocenters. The van der Waals surface area contributed by atoms with Crippen LogP contribution in [0.15, 0.2) is 18.2 Å². The number of carbonyl (C=O) groups excluding carboxylic acids is 1. The Hall–Kier alpha value is -2.11. The van der Waals surface area contributed by atoms with Crippen LogP contribution in [0, 0.1) is 16.0 Å². The van der Waals surface area contributed by atoms with Crippen LogP contribution in [0.1, 0.15) is 12.8 Å². The van der Waals surface area contributed by atoms with E-state index in [0.29, 0.717) is 5.75 Å². The van der Waals surface area contributed by atoms with Crippen LogP contribution in [-0.4, -0.2) is 24.4 Å². The normalized spacial score (nSPS) is 14.1. The van der Waals surface area contributed by atoms with Crippen molar-refractivity contribution in [2.45, 2.75) is 12.8 Å². The SMILES string of the molecule is COc1ccc([N+](=O)[O-])c(OCC(=O)C2CC2)c1. The van der Waals surface area contributed by atoms with Gasteiger partial charge in [-0.25, -0.2) is 0 Å². The highest BCUT2D eigenvalue weighted by Crippen LogP contribution is 2.33. The van der Waals surface area contributed by atoms with Gasteiger partial charge >= 0.3 is 5.69 Å². The van der Waals surface area contributed by atoms with Gasteiger partial charge in [0, 0.05) is 18.1 Å². The molecule has 1 saturated carbocycles. The fourth-order valence-electron chi connectivity index (χ4n) is 1.56. The summed E-state index contributed by atoms with van der Waals surface area (Å²) in [5.41, 5.74) is -0.167. The lowest BCUT2D eigenvalue weighted by Crippen LogP contribution is -2.13. The van der Waals surface area contributed by atoms with Gasteiger partial charge in [0.25, 0.3) is 0 Å². The maximum Gasteiger partial charge on any atom is 0.311 e. The Labute approximate surface area is 104 Å². The van der Waals surface area contributed by atoms with E-state index in [-0.39, 0.29) is 29.7 Å². The molecule has 0 bridgehead atoms. The first-order chi connectivity index (χ1) is 8.61. The van der Waals surface area contributed by atoms with Crippen molar-refractivity contribution < 1.29 is 19.2 Å². The molecular weight excluding hydrogens is 238 g/mol. The summed E-state index contributed by atoms with van der Waals surface area (Å²) in [6.45, 7) is -0.126. The van der Waals surface area contributed by atoms with E-state index in [2.05, 4.69) is 0 Å². The number of rotatable bonds is 6. The zero-order chi connectivity index (χ0) is 13.1. The monoisotopic (exact) mass is 251 g/mol. The van der Waals surface area contributed by atoms with Crippen molar-refractivity contribution in [1.82, 2.24) is 0 Å². The maximum absolute atomic E-state index is 11.5. The first-order valence-electron chi connectivity index (χ1n) is 5.59. The zero-order valence-corrected chi connectivity index (χ0v) is 9.92. The van der Waals surface area contributed by atoms with Gasteiger partial charge in [0.1, 0.15) is 12.4 Å². The summed E-state index contributed by atoms with van der Waals surface area (Å²) in [6, 6.07) is 4.20. The Morgan fingerprint density at radius 1 is 1.50 bits per heavy atom. The smallest absolute Gasteiger partial charge is 0.311 e. The van der Waals surface area contributed by atoms with Gasteiger partial charge in [0.05, 0.1) is 12.0 Å². The number of nitrogens with zero attached hydrogens (tertiary/aromatic N) is 1. The van der Waals surface area contributed by atoms with E-state index in [0.717, 1.165) is 12.8 Å². The number of benzene rings is 1. The van der Waals surface area contributed by atoms with Crippen molar-refractivity contribution in [3.05, 3.63) is 28.3 Å². The highest BCUT2D eigenvalue weighted by atomic mass is 16.6. The lowest BCUT2D eigenvalue weighted by molar-refractivity contribution is -0.385. The van der Waals surface area contributed by atoms with Gasteiger partial charge in [0.15, 0.2) is 5.78 Å². The summed E-state index contributed by atoms with van der Waals surface area (Å²) in [5, 5.41) is 10.8. The predicted octanol–water partition coefficient (Wildman–Crippen LogP) is 1.96. The Bertz CT molecular complexity index is 481. The van der Waals surface area contributed by atoms with E-state index in [1.807, 2.05) is 0 Å². The van der Waals surface area contributed by atoms with E-state index in [1.54, 1.807) is 0 Å². The van der Waals surface area contributed by atoms with Crippen LogP contribution < -0.4 is 9.47 Å². The van der Waals surface area contributed by atoms with Crippen molar-refractivity contribution in [2.75, 3.05) is 13.7 Å². The molecule has 1 aromatic carbocycles. The average molecular weight is 251 g/mol. The molecule has 0 spiro atoms. The fourth-order valence-corrected chi connectivity index (χ4v) is 1.56. The fraction of sp³-hybridized carbons (Fsp3) is 0.417. The first-order valence-corrected chi connectivity index (χ1v) is 5.59. The Morgan fingerprint density at radius 3 is 2.78 bits per heavy atom. The Kier molecular flexibility index (Phi) is 3.45. The molecule has 2 rings (SSSR count). The molecule has 0 saturated heterocycles. The molecule has 1 fully saturated rings. The molecule has 96 valence electrons. The van der Waals surface area contributed by atoms with Crippen molar-refractivity contribution >= 4 is 11.5 Å². The minimum absolute atomic E-state index is 0.00730. The van der Waals surface area contributed by atoms with Crippen molar-refractivity contribution in [3.8, 4) is 11.5 Å².